The van der Waals surface area contributed by atoms with E-state index >= 15 is 0 Å². The first-order valence-corrected chi connectivity index (χ1v) is 4.12. The van der Waals surface area contributed by atoms with Gasteiger partial charge in [0, 0.05) is 0 Å². The molecule has 0 saturated heterocycles. The van der Waals surface area contributed by atoms with E-state index in [2.05, 4.69) is 4.74 Å². The van der Waals surface area contributed by atoms with Crippen molar-refractivity contribution in [1.29, 1.82) is 0 Å². The molecule has 0 aromatic heterocycles. The minimum Gasteiger partial charge on any atom is -0.467 e. The van der Waals surface area contributed by atoms with E-state index in [4.69, 9.17) is 0 Å². The third kappa shape index (κ3) is 3.07. The van der Waals surface area contributed by atoms with Gasteiger partial charge in [0.25, 0.3) is 5.91 Å². The average molecular weight is 245 g/mol. The van der Waals surface area contributed by atoms with Crippen LogP contribution in [0.3, 0.4) is 0 Å². The van der Waals surface area contributed by atoms with E-state index in [-0.39, 0.29) is 0 Å². The van der Waals surface area contributed by atoms with Crippen LogP contribution in [0, 0.1) is 0 Å². The SMILES string of the molecule is COC(=O)C(C)(C)NC(=O)C(F)(F)C(F)F. The second-order valence-electron chi connectivity index (χ2n) is 3.49. The van der Waals surface area contributed by atoms with Crippen LogP contribution in [0.15, 0.2) is 0 Å². The molecule has 0 aromatic rings. The number of methoxy groups -OCH3 is 1. The Labute approximate surface area is 88.9 Å². The molecule has 8 heteroatoms. The number of carbonyl (C=O) groups excluding carboxylic acids is 2. The zero-order chi connectivity index (χ0) is 13.1. The first-order valence-electron chi connectivity index (χ1n) is 4.12. The lowest BCUT2D eigenvalue weighted by molar-refractivity contribution is -0.173. The molecule has 0 rings (SSSR count). The Kier molecular flexibility index (Phi) is 4.28. The van der Waals surface area contributed by atoms with E-state index in [1.54, 1.807) is 0 Å². The van der Waals surface area contributed by atoms with E-state index in [1.807, 2.05) is 0 Å². The molecular weight excluding hydrogens is 234 g/mol. The van der Waals surface area contributed by atoms with Crippen LogP contribution >= 0.6 is 0 Å². The van der Waals surface area contributed by atoms with Crippen molar-refractivity contribution in [2.45, 2.75) is 31.7 Å². The lowest BCUT2D eigenvalue weighted by Gasteiger charge is -2.25. The third-order valence-electron chi connectivity index (χ3n) is 1.70. The van der Waals surface area contributed by atoms with E-state index in [9.17, 15) is 27.2 Å². The van der Waals surface area contributed by atoms with Crippen LogP contribution in [0.25, 0.3) is 0 Å². The number of esters is 1. The Morgan fingerprint density at radius 3 is 2.00 bits per heavy atom. The molecule has 0 aliphatic carbocycles. The fraction of sp³-hybridized carbons (Fsp3) is 0.750. The second kappa shape index (κ2) is 4.67. The van der Waals surface area contributed by atoms with Crippen molar-refractivity contribution in [3.8, 4) is 0 Å². The Bertz CT molecular complexity index is 291. The van der Waals surface area contributed by atoms with Crippen molar-refractivity contribution in [3.63, 3.8) is 0 Å². The maximum Gasteiger partial charge on any atom is 0.383 e. The second-order valence-corrected chi connectivity index (χ2v) is 3.49. The Balaban J connectivity index is 4.75. The van der Waals surface area contributed by atoms with E-state index in [0.717, 1.165) is 21.0 Å². The van der Waals surface area contributed by atoms with Gasteiger partial charge in [-0.15, -0.1) is 0 Å². The van der Waals surface area contributed by atoms with E-state index < -0.39 is 29.8 Å². The number of halogens is 4. The summed E-state index contributed by atoms with van der Waals surface area (Å²) in [7, 11) is 0.974. The van der Waals surface area contributed by atoms with Gasteiger partial charge in [-0.1, -0.05) is 0 Å². The van der Waals surface area contributed by atoms with Gasteiger partial charge in [0.1, 0.15) is 5.54 Å². The summed E-state index contributed by atoms with van der Waals surface area (Å²) < 4.78 is 52.8. The summed E-state index contributed by atoms with van der Waals surface area (Å²) in [6.45, 7) is 2.11. The molecule has 4 nitrogen and oxygen atoms in total. The molecule has 0 aliphatic rings. The summed E-state index contributed by atoms with van der Waals surface area (Å²) in [4.78, 5) is 21.8. The van der Waals surface area contributed by atoms with Gasteiger partial charge < -0.3 is 10.1 Å². The van der Waals surface area contributed by atoms with Crippen molar-refractivity contribution in [2.24, 2.45) is 0 Å². The smallest absolute Gasteiger partial charge is 0.383 e. The van der Waals surface area contributed by atoms with Crippen LogP contribution in [-0.2, 0) is 14.3 Å². The van der Waals surface area contributed by atoms with Gasteiger partial charge in [-0.2, -0.15) is 8.78 Å². The summed E-state index contributed by atoms with van der Waals surface area (Å²) >= 11 is 0. The molecule has 0 bridgehead atoms. The molecule has 0 spiro atoms. The molecule has 16 heavy (non-hydrogen) atoms. The van der Waals surface area contributed by atoms with Gasteiger partial charge in [-0.05, 0) is 13.8 Å². The molecule has 0 heterocycles. The number of rotatable bonds is 4. The standard InChI is InChI=1S/C8H11F4NO3/c1-7(2,6(15)16-3)13-5(14)8(11,12)4(9)10/h4H,1-3H3,(H,13,14). The van der Waals surface area contributed by atoms with Crippen LogP contribution in [-0.4, -0.2) is 36.9 Å². The molecule has 0 atom stereocenters. The van der Waals surface area contributed by atoms with Crippen LogP contribution in [0.2, 0.25) is 0 Å². The number of nitrogens with one attached hydrogen (secondary N) is 1. The number of hydrogen-bond acceptors (Lipinski definition) is 3. The molecule has 0 radical (unpaired) electrons. The monoisotopic (exact) mass is 245 g/mol. The fourth-order valence-electron chi connectivity index (χ4n) is 0.772. The van der Waals surface area contributed by atoms with Crippen molar-refractivity contribution in [3.05, 3.63) is 0 Å². The number of carbonyl (C=O) groups is 2. The van der Waals surface area contributed by atoms with Gasteiger partial charge in [-0.3, -0.25) is 4.79 Å². The number of hydrogen-bond donors (Lipinski definition) is 1. The highest BCUT2D eigenvalue weighted by molar-refractivity contribution is 5.90. The van der Waals surface area contributed by atoms with Gasteiger partial charge in [0.2, 0.25) is 0 Å². The van der Waals surface area contributed by atoms with Crippen molar-refractivity contribution < 1.29 is 31.9 Å². The molecule has 0 aliphatic heterocycles. The summed E-state index contributed by atoms with van der Waals surface area (Å²) in [6, 6.07) is 0. The first-order chi connectivity index (χ1) is 7.05. The maximum atomic E-state index is 12.5. The average Bonchev–Trinajstić information content (AvgIpc) is 2.15. The van der Waals surface area contributed by atoms with Gasteiger partial charge in [0.15, 0.2) is 0 Å². The molecule has 1 N–H and O–H groups in total. The molecule has 0 saturated carbocycles. The first kappa shape index (κ1) is 14.7. The molecule has 1 amide bonds. The quantitative estimate of drug-likeness (QED) is 0.592. The molecule has 0 aromatic carbocycles. The van der Waals surface area contributed by atoms with E-state index in [1.165, 1.54) is 5.32 Å². The molecular formula is C8H11F4NO3. The summed E-state index contributed by atoms with van der Waals surface area (Å²) in [5.74, 6) is -8.09. The van der Waals surface area contributed by atoms with Crippen LogP contribution in [0.4, 0.5) is 17.6 Å². The maximum absolute atomic E-state index is 12.5. The van der Waals surface area contributed by atoms with Crippen molar-refractivity contribution >= 4 is 11.9 Å². The van der Waals surface area contributed by atoms with Gasteiger partial charge >= 0.3 is 18.3 Å². The summed E-state index contributed by atoms with van der Waals surface area (Å²) in [6.07, 6.45) is -4.14. The van der Waals surface area contributed by atoms with Gasteiger partial charge in [-0.25, -0.2) is 13.6 Å². The summed E-state index contributed by atoms with van der Waals surface area (Å²) in [5, 5.41) is 1.49. The van der Waals surface area contributed by atoms with Gasteiger partial charge in [0.05, 0.1) is 7.11 Å². The largest absolute Gasteiger partial charge is 0.467 e. The van der Waals surface area contributed by atoms with E-state index in [0.29, 0.717) is 0 Å². The highest BCUT2D eigenvalue weighted by Gasteiger charge is 2.51. The molecule has 0 unspecified atom stereocenters. The van der Waals surface area contributed by atoms with Crippen LogP contribution < -0.4 is 5.32 Å². The van der Waals surface area contributed by atoms with Crippen LogP contribution in [0.1, 0.15) is 13.8 Å². The lowest BCUT2D eigenvalue weighted by Crippen LogP contribution is -2.56. The summed E-state index contributed by atoms with van der Waals surface area (Å²) in [5.41, 5.74) is -1.80. The predicted molar refractivity (Wildman–Crippen MR) is 45.2 cm³/mol. The fourth-order valence-corrected chi connectivity index (χ4v) is 0.772. The lowest BCUT2D eigenvalue weighted by atomic mass is 10.1. The highest BCUT2D eigenvalue weighted by Crippen LogP contribution is 2.23. The zero-order valence-corrected chi connectivity index (χ0v) is 8.81. The number of ether oxygens (including phenoxy) is 1. The highest BCUT2D eigenvalue weighted by atomic mass is 19.3. The Hall–Kier alpha value is -1.34. The van der Waals surface area contributed by atoms with Crippen LogP contribution in [0.5, 0.6) is 0 Å². The number of amides is 1. The predicted octanol–water partition coefficient (Wildman–Crippen LogP) is 0.955. The molecule has 94 valence electrons. The topological polar surface area (TPSA) is 55.4 Å². The van der Waals surface area contributed by atoms with Crippen molar-refractivity contribution in [1.82, 2.24) is 5.32 Å². The number of alkyl halides is 4. The Morgan fingerprint density at radius 2 is 1.69 bits per heavy atom. The van der Waals surface area contributed by atoms with Crippen molar-refractivity contribution in [2.75, 3.05) is 7.11 Å². The minimum absolute atomic E-state index is 0.974. The zero-order valence-electron chi connectivity index (χ0n) is 8.81. The normalized spacial score (nSPS) is 12.5. The molecule has 0 fully saturated rings. The third-order valence-corrected chi connectivity index (χ3v) is 1.70. The Morgan fingerprint density at radius 1 is 1.25 bits per heavy atom. The minimum atomic E-state index is -4.84.